The van der Waals surface area contributed by atoms with Gasteiger partial charge in [0.2, 0.25) is 6.41 Å². The van der Waals surface area contributed by atoms with Crippen molar-refractivity contribution in [1.82, 2.24) is 106 Å². The van der Waals surface area contributed by atoms with Gasteiger partial charge in [-0.15, -0.1) is 75.0 Å². The summed E-state index contributed by atoms with van der Waals surface area (Å²) in [5, 5.41) is 72.8. The van der Waals surface area contributed by atoms with Crippen molar-refractivity contribution in [2.24, 2.45) is 0 Å². The second-order valence-corrected chi connectivity index (χ2v) is 31.5. The van der Waals surface area contributed by atoms with Crippen LogP contribution in [0.5, 0.6) is 0 Å². The Bertz CT molecular complexity index is 7220. The zero-order chi connectivity index (χ0) is 99.1. The van der Waals surface area contributed by atoms with Crippen LogP contribution in [0.2, 0.25) is 0 Å². The van der Waals surface area contributed by atoms with E-state index in [1.54, 1.807) is 166 Å². The van der Waals surface area contributed by atoms with E-state index in [0.29, 0.717) is 112 Å². The van der Waals surface area contributed by atoms with Crippen molar-refractivity contribution >= 4 is 119 Å². The van der Waals surface area contributed by atoms with Gasteiger partial charge in [0.25, 0.3) is 29.5 Å². The Hall–Kier alpha value is -19.6. The van der Waals surface area contributed by atoms with Crippen molar-refractivity contribution < 1.29 is 50.9 Å². The predicted octanol–water partition coefficient (Wildman–Crippen LogP) is 12.9. The van der Waals surface area contributed by atoms with E-state index in [1.807, 2.05) is 99.6 Å². The van der Waals surface area contributed by atoms with Gasteiger partial charge in [0.1, 0.15) is 27.9 Å². The molecule has 10 aromatic carbocycles. The molecule has 140 heavy (non-hydrogen) atoms. The van der Waals surface area contributed by atoms with Crippen LogP contribution < -0.4 is 53.7 Å². The lowest BCUT2D eigenvalue weighted by Gasteiger charge is -2.08. The normalized spacial score (nSPS) is 10.7. The lowest BCUT2D eigenvalue weighted by atomic mass is 10.1. The van der Waals surface area contributed by atoms with Gasteiger partial charge in [0, 0.05) is 72.9 Å². The van der Waals surface area contributed by atoms with Gasteiger partial charge >= 0.3 is 0 Å². The molecule has 0 saturated carbocycles. The molecule has 0 saturated heterocycles. The number of hydrogen-bond donors (Lipinski definition) is 5. The number of fused-ring (bicyclic) bond motifs is 5. The highest BCUT2D eigenvalue weighted by Crippen LogP contribution is 2.29. The van der Waals surface area contributed by atoms with Gasteiger partial charge < -0.3 is 53.6 Å². The Morgan fingerprint density at radius 3 is 0.550 bits per heavy atom. The van der Waals surface area contributed by atoms with Crippen LogP contribution in [0.4, 0.5) is 28.4 Å². The lowest BCUT2D eigenvalue weighted by Crippen LogP contribution is -2.15. The average molecular weight is 1880 g/mol. The van der Waals surface area contributed by atoms with Crippen LogP contribution >= 0.6 is 0 Å². The van der Waals surface area contributed by atoms with Crippen LogP contribution in [0, 0.1) is 69.2 Å². The first-order valence-electron chi connectivity index (χ1n) is 42.5. The van der Waals surface area contributed by atoms with Crippen LogP contribution in [-0.4, -0.2) is 156 Å². The quantitative estimate of drug-likeness (QED) is 0.0561. The maximum absolute atomic E-state index is 12.5. The second kappa shape index (κ2) is 42.1. The van der Waals surface area contributed by atoms with Gasteiger partial charge in [-0.3, -0.25) is 52.7 Å². The van der Waals surface area contributed by atoms with E-state index in [0.717, 1.165) is 62.0 Å². The van der Waals surface area contributed by atoms with Crippen molar-refractivity contribution in [2.75, 3.05) is 40.7 Å². The number of amides is 6. The molecule has 700 valence electrons. The number of rotatable bonds is 16. The van der Waals surface area contributed by atoms with E-state index in [2.05, 4.69) is 104 Å². The first-order chi connectivity index (χ1) is 67.4. The SMILES string of the molecule is CN(C)C=O.Cc1ccc2c(=O)cc(C(=O)Nc3ccc(-n4ncnn4)cc3)oc2c1C.Cc1ccc2c(=O)cc(C(=O)Nc3ccc(-n4ncnn4)cc3)oc2c1C.Cc1ccc2c(=O)cc(C(=O)Nc3ccc(-n4ncnn4)cc3)oc2c1C.Cc1ccc2c(=O)cc(C(=O)Nc3ccc(-n4ncnn4)cc3)oc2c1C.Cc1ccc2c(=O)cc(C(=O)Nc3ccc(-n4ncnn4)cc3)oc2c1C. The van der Waals surface area contributed by atoms with E-state index in [9.17, 15) is 52.7 Å². The van der Waals surface area contributed by atoms with Crippen molar-refractivity contribution in [1.29, 1.82) is 0 Å². The summed E-state index contributed by atoms with van der Waals surface area (Å²) in [6.45, 7) is 18.9. The predicted molar refractivity (Wildman–Crippen MR) is 515 cm³/mol. The Morgan fingerprint density at radius 2 is 0.414 bits per heavy atom. The first kappa shape index (κ1) is 95.0. The summed E-state index contributed by atoms with van der Waals surface area (Å²) in [6, 6.07) is 58.3. The molecule has 0 aliphatic heterocycles. The minimum atomic E-state index is -0.499. The van der Waals surface area contributed by atoms with Crippen molar-refractivity contribution in [3.05, 3.63) is 380 Å². The highest BCUT2D eigenvalue weighted by atomic mass is 16.4. The maximum Gasteiger partial charge on any atom is 0.291 e. The molecule has 0 bridgehead atoms. The molecule has 0 aliphatic carbocycles. The summed E-state index contributed by atoms with van der Waals surface area (Å²) in [6.07, 6.45) is 7.42. The molecule has 6 amide bonds. The second-order valence-electron chi connectivity index (χ2n) is 31.5. The van der Waals surface area contributed by atoms with Crippen molar-refractivity contribution in [3.63, 3.8) is 0 Å². The third-order valence-electron chi connectivity index (χ3n) is 21.9. The minimum absolute atomic E-state index is 0.0387. The van der Waals surface area contributed by atoms with Gasteiger partial charge in [-0.25, -0.2) is 0 Å². The number of aromatic nitrogens is 20. The highest BCUT2D eigenvalue weighted by molar-refractivity contribution is 6.07. The van der Waals surface area contributed by atoms with Gasteiger partial charge in [-0.05, 0) is 303 Å². The Kier molecular flexibility index (Phi) is 28.6. The van der Waals surface area contributed by atoms with E-state index in [-0.39, 0.29) is 55.9 Å². The highest BCUT2D eigenvalue weighted by Gasteiger charge is 2.23. The number of tetrazole rings is 5. The minimum Gasteiger partial charge on any atom is -0.450 e. The molecule has 0 unspecified atom stereocenters. The molecule has 42 heteroatoms. The van der Waals surface area contributed by atoms with Gasteiger partial charge in [-0.2, -0.15) is 0 Å². The van der Waals surface area contributed by atoms with Gasteiger partial charge in [0.05, 0.1) is 55.4 Å². The standard InChI is InChI=1S/5C19H15N5O3.C3H7NO/c5*1-11-3-8-15-16(25)9-17(27-18(15)12(11)2)19(26)22-13-4-6-14(7-5-13)24-21-10-20-23-24;1-4(2)3-5/h5*3-10H,1-2H3,(H,22,26);3H,1-2H3. The van der Waals surface area contributed by atoms with Gasteiger partial charge in [-0.1, -0.05) is 30.3 Å². The number of aryl methyl sites for hydroxylation is 10. The molecule has 20 rings (SSSR count). The average Bonchev–Trinajstić information content (AvgIpc) is 0.876. The molecule has 0 spiro atoms. The molecule has 0 aliphatic rings. The Labute approximate surface area is 789 Å². The maximum atomic E-state index is 12.5. The zero-order valence-corrected chi connectivity index (χ0v) is 76.6. The molecule has 20 aromatic rings. The monoisotopic (exact) mass is 1880 g/mol. The van der Waals surface area contributed by atoms with Gasteiger partial charge in [0.15, 0.2) is 87.6 Å². The number of hydrogen-bond acceptors (Lipinski definition) is 31. The van der Waals surface area contributed by atoms with Crippen LogP contribution in [0.1, 0.15) is 108 Å². The Morgan fingerprint density at radius 1 is 0.257 bits per heavy atom. The van der Waals surface area contributed by atoms with Crippen LogP contribution in [-0.2, 0) is 4.79 Å². The molecule has 0 radical (unpaired) electrons. The molecular formula is C98H82N26O16. The zero-order valence-electron chi connectivity index (χ0n) is 76.6. The smallest absolute Gasteiger partial charge is 0.291 e. The Balaban J connectivity index is 0.000000131. The van der Waals surface area contributed by atoms with Crippen LogP contribution in [0.25, 0.3) is 83.3 Å². The summed E-state index contributed by atoms with van der Waals surface area (Å²) in [5.74, 6) is -2.69. The summed E-state index contributed by atoms with van der Waals surface area (Å²) >= 11 is 0. The number of carbonyl (C=O) groups excluding carboxylic acids is 6. The third-order valence-corrected chi connectivity index (χ3v) is 21.9. The molecule has 0 fully saturated rings. The molecule has 0 atom stereocenters. The molecule has 42 nitrogen and oxygen atoms in total. The van der Waals surface area contributed by atoms with E-state index >= 15 is 0 Å². The summed E-state index contributed by atoms with van der Waals surface area (Å²) in [7, 11) is 3.38. The number of carbonyl (C=O) groups is 6. The summed E-state index contributed by atoms with van der Waals surface area (Å²) < 4.78 is 28.6. The summed E-state index contributed by atoms with van der Waals surface area (Å²) in [5.41, 5.74) is 16.3. The first-order valence-corrected chi connectivity index (χ1v) is 42.5. The van der Waals surface area contributed by atoms with Crippen LogP contribution in [0.3, 0.4) is 0 Å². The number of anilines is 5. The van der Waals surface area contributed by atoms with E-state index in [4.69, 9.17) is 22.1 Å². The third kappa shape index (κ3) is 22.0. The van der Waals surface area contributed by atoms with Crippen LogP contribution in [0.15, 0.2) is 290 Å². The molecule has 10 aromatic heterocycles. The topological polar surface area (TPSA) is 535 Å². The fraction of sp³-hybridized carbons (Fsp3) is 0.122. The lowest BCUT2D eigenvalue weighted by molar-refractivity contribution is -0.115. The fourth-order valence-electron chi connectivity index (χ4n) is 13.6. The van der Waals surface area contributed by atoms with Crippen molar-refractivity contribution in [2.45, 2.75) is 69.2 Å². The van der Waals surface area contributed by atoms with E-state index < -0.39 is 29.5 Å². The fourth-order valence-corrected chi connectivity index (χ4v) is 13.6. The number of nitrogens with zero attached hydrogens (tertiary/aromatic N) is 21. The van der Waals surface area contributed by atoms with Crippen molar-refractivity contribution in [3.8, 4) is 28.4 Å². The molecule has 5 N–H and O–H groups in total. The molecule has 10 heterocycles. The molecular weight excluding hydrogens is 1800 g/mol. The largest absolute Gasteiger partial charge is 0.450 e. The summed E-state index contributed by atoms with van der Waals surface area (Å²) in [4.78, 5) is 142. The number of benzene rings is 10. The number of nitrogens with one attached hydrogen (secondary N) is 5. The van der Waals surface area contributed by atoms with E-state index in [1.165, 1.54) is 90.9 Å².